The molecular formula is C38H40FN5O4S2. The zero-order valence-corrected chi connectivity index (χ0v) is 30.2. The Hall–Kier alpha value is -4.83. The van der Waals surface area contributed by atoms with E-state index in [1.807, 2.05) is 55.2 Å². The second-order valence-corrected chi connectivity index (χ2v) is 14.0. The van der Waals surface area contributed by atoms with Gasteiger partial charge in [-0.3, -0.25) is 9.69 Å². The van der Waals surface area contributed by atoms with Crippen LogP contribution in [0.3, 0.4) is 0 Å². The van der Waals surface area contributed by atoms with Gasteiger partial charge in [0.05, 0.1) is 23.4 Å². The number of ether oxygens (including phenoxy) is 1. The van der Waals surface area contributed by atoms with Gasteiger partial charge in [-0.2, -0.15) is 0 Å². The number of para-hydroxylation sites is 1. The van der Waals surface area contributed by atoms with E-state index in [-0.39, 0.29) is 18.1 Å². The van der Waals surface area contributed by atoms with E-state index < -0.39 is 11.8 Å². The normalized spacial score (nSPS) is 12.1. The smallest absolute Gasteiger partial charge is 0.355 e. The van der Waals surface area contributed by atoms with Gasteiger partial charge in [0.25, 0.3) is 0 Å². The third-order valence-corrected chi connectivity index (χ3v) is 10.2. The lowest BCUT2D eigenvalue weighted by molar-refractivity contribution is 0.0690. The SMILES string of the molecule is CCc1cc(C=O)c2c(c1)CCN(c1nc(C(=O)O)c(CCCOc3ccc(C#CCN(C)C)cc3F)s1)C2.CNc1nc2ccccc2s1. The maximum atomic E-state index is 14.5. The average molecular weight is 714 g/mol. The lowest BCUT2D eigenvalue weighted by atomic mass is 9.92. The van der Waals surface area contributed by atoms with Gasteiger partial charge >= 0.3 is 5.97 Å². The summed E-state index contributed by atoms with van der Waals surface area (Å²) in [4.78, 5) is 37.0. The van der Waals surface area contributed by atoms with Crippen LogP contribution in [0.5, 0.6) is 5.75 Å². The minimum absolute atomic E-state index is 0.0320. The molecule has 3 aromatic carbocycles. The highest BCUT2D eigenvalue weighted by Gasteiger charge is 2.25. The fourth-order valence-electron chi connectivity index (χ4n) is 5.44. The van der Waals surface area contributed by atoms with Gasteiger partial charge in [0.2, 0.25) is 0 Å². The Kier molecular flexibility index (Phi) is 12.5. The summed E-state index contributed by atoms with van der Waals surface area (Å²) in [6, 6.07) is 16.8. The lowest BCUT2D eigenvalue weighted by Gasteiger charge is -2.29. The van der Waals surface area contributed by atoms with Gasteiger partial charge in [0, 0.05) is 36.1 Å². The molecular weight excluding hydrogens is 674 g/mol. The molecule has 5 aromatic rings. The summed E-state index contributed by atoms with van der Waals surface area (Å²) in [6.07, 6.45) is 3.47. The molecule has 2 N–H and O–H groups in total. The number of carbonyl (C=O) groups is 2. The summed E-state index contributed by atoms with van der Waals surface area (Å²) in [5, 5.41) is 14.4. The highest BCUT2D eigenvalue weighted by atomic mass is 32.1. The Morgan fingerprint density at radius 1 is 1.16 bits per heavy atom. The molecule has 0 fully saturated rings. The van der Waals surface area contributed by atoms with E-state index in [9.17, 15) is 19.1 Å². The standard InChI is InChI=1S/C30H32FN3O4S.C8H8N2S/c1-4-20-15-22-11-13-34(18-24(22)23(16-20)19-35)30-32-28(29(36)37)27(39-30)8-6-14-38-26-10-9-21(17-25(26)31)7-5-12-33(2)3;1-9-8-10-6-4-2-3-5-7(6)11-8/h9-10,15-17,19H,4,6,8,11-14,18H2,1-3H3,(H,36,37);2-5H,1H3,(H,9,10). The van der Waals surface area contributed by atoms with Crippen molar-refractivity contribution in [1.29, 1.82) is 0 Å². The minimum Gasteiger partial charge on any atom is -0.491 e. The highest BCUT2D eigenvalue weighted by Crippen LogP contribution is 2.33. The molecule has 6 rings (SSSR count). The van der Waals surface area contributed by atoms with Crippen LogP contribution in [0.1, 0.15) is 61.3 Å². The number of carbonyl (C=O) groups excluding carboxylic acids is 1. The summed E-state index contributed by atoms with van der Waals surface area (Å²) in [7, 11) is 5.72. The predicted molar refractivity (Wildman–Crippen MR) is 200 cm³/mol. The quantitative estimate of drug-likeness (QED) is 0.0837. The van der Waals surface area contributed by atoms with Gasteiger partial charge in [0.15, 0.2) is 27.5 Å². The van der Waals surface area contributed by atoms with E-state index in [0.717, 1.165) is 40.9 Å². The number of thiazole rings is 2. The number of carboxylic acids is 1. The first-order chi connectivity index (χ1) is 24.2. The van der Waals surface area contributed by atoms with E-state index in [0.29, 0.717) is 53.6 Å². The molecule has 0 saturated carbocycles. The second-order valence-electron chi connectivity index (χ2n) is 11.9. The fraction of sp³-hybridized carbons (Fsp3) is 0.316. The van der Waals surface area contributed by atoms with E-state index in [1.54, 1.807) is 23.5 Å². The van der Waals surface area contributed by atoms with Crippen LogP contribution in [0.2, 0.25) is 0 Å². The Balaban J connectivity index is 0.000000371. The summed E-state index contributed by atoms with van der Waals surface area (Å²) in [5.74, 6) is 4.47. The van der Waals surface area contributed by atoms with Gasteiger partial charge in [-0.25, -0.2) is 19.2 Å². The van der Waals surface area contributed by atoms with Crippen LogP contribution < -0.4 is 15.0 Å². The molecule has 12 heteroatoms. The monoisotopic (exact) mass is 713 g/mol. The molecule has 0 aliphatic carbocycles. The maximum Gasteiger partial charge on any atom is 0.355 e. The molecule has 1 aliphatic rings. The molecule has 0 unspecified atom stereocenters. The first kappa shape index (κ1) is 36.5. The zero-order valence-electron chi connectivity index (χ0n) is 28.6. The first-order valence-corrected chi connectivity index (χ1v) is 18.0. The number of fused-ring (bicyclic) bond motifs is 2. The average Bonchev–Trinajstić information content (AvgIpc) is 3.75. The van der Waals surface area contributed by atoms with Gasteiger partial charge in [-0.1, -0.05) is 48.3 Å². The number of benzene rings is 3. The molecule has 260 valence electrons. The van der Waals surface area contributed by atoms with Crippen molar-refractivity contribution in [3.63, 3.8) is 0 Å². The largest absolute Gasteiger partial charge is 0.491 e. The molecule has 50 heavy (non-hydrogen) atoms. The number of anilines is 2. The molecule has 0 bridgehead atoms. The number of hydrogen-bond donors (Lipinski definition) is 2. The number of carboxylic acid groups (broad SMARTS) is 1. The molecule has 0 spiro atoms. The Morgan fingerprint density at radius 3 is 2.68 bits per heavy atom. The van der Waals surface area contributed by atoms with Gasteiger partial charge in [-0.05, 0) is 92.9 Å². The Bertz CT molecular complexity index is 2000. The Morgan fingerprint density at radius 2 is 1.98 bits per heavy atom. The minimum atomic E-state index is -1.08. The number of halogens is 1. The maximum absolute atomic E-state index is 14.5. The van der Waals surface area contributed by atoms with Crippen LogP contribution in [0.15, 0.2) is 54.6 Å². The van der Waals surface area contributed by atoms with E-state index in [2.05, 4.69) is 46.2 Å². The van der Waals surface area contributed by atoms with Crippen LogP contribution in [0, 0.1) is 17.7 Å². The molecule has 0 amide bonds. The highest BCUT2D eigenvalue weighted by molar-refractivity contribution is 7.22. The van der Waals surface area contributed by atoms with Crippen molar-refractivity contribution in [1.82, 2.24) is 14.9 Å². The van der Waals surface area contributed by atoms with E-state index in [1.165, 1.54) is 27.7 Å². The molecule has 2 aromatic heterocycles. The topological polar surface area (TPSA) is 108 Å². The first-order valence-electron chi connectivity index (χ1n) is 16.4. The zero-order chi connectivity index (χ0) is 35.6. The molecule has 9 nitrogen and oxygen atoms in total. The fourth-order valence-corrected chi connectivity index (χ4v) is 7.38. The summed E-state index contributed by atoms with van der Waals surface area (Å²) >= 11 is 3.02. The predicted octanol–water partition coefficient (Wildman–Crippen LogP) is 7.18. The number of aromatic carboxylic acids is 1. The van der Waals surface area contributed by atoms with E-state index in [4.69, 9.17) is 4.74 Å². The van der Waals surface area contributed by atoms with Gasteiger partial charge < -0.3 is 20.1 Å². The number of aryl methyl sites for hydroxylation is 2. The molecule has 1 aliphatic heterocycles. The number of aromatic nitrogens is 2. The summed E-state index contributed by atoms with van der Waals surface area (Å²) in [6.45, 7) is 4.09. The molecule has 0 radical (unpaired) electrons. The van der Waals surface area contributed by atoms with Crippen LogP contribution in [-0.4, -0.2) is 73.1 Å². The number of nitrogens with one attached hydrogen (secondary N) is 1. The van der Waals surface area contributed by atoms with E-state index >= 15 is 0 Å². The van der Waals surface area contributed by atoms with Crippen molar-refractivity contribution in [2.24, 2.45) is 0 Å². The van der Waals surface area contributed by atoms with Gasteiger partial charge in [0.1, 0.15) is 6.29 Å². The van der Waals surface area contributed by atoms with Crippen molar-refractivity contribution >= 4 is 55.4 Å². The molecule has 0 atom stereocenters. The lowest BCUT2D eigenvalue weighted by Crippen LogP contribution is -2.31. The Labute approximate surface area is 299 Å². The van der Waals surface area contributed by atoms with Crippen LogP contribution in [0.25, 0.3) is 10.2 Å². The number of hydrogen-bond acceptors (Lipinski definition) is 10. The van der Waals surface area contributed by atoms with Crippen molar-refractivity contribution in [3.8, 4) is 17.6 Å². The van der Waals surface area contributed by atoms with Crippen LogP contribution in [-0.2, 0) is 25.8 Å². The number of aldehydes is 1. The van der Waals surface area contributed by atoms with Crippen molar-refractivity contribution in [2.75, 3.05) is 51.1 Å². The molecule has 3 heterocycles. The third kappa shape index (κ3) is 9.24. The molecule has 0 saturated heterocycles. The van der Waals surface area contributed by atoms with Crippen molar-refractivity contribution in [2.45, 2.75) is 39.2 Å². The number of nitrogens with zero attached hydrogens (tertiary/aromatic N) is 4. The summed E-state index contributed by atoms with van der Waals surface area (Å²) in [5.41, 5.74) is 5.65. The number of rotatable bonds is 11. The van der Waals surface area contributed by atoms with Crippen molar-refractivity contribution in [3.05, 3.63) is 98.8 Å². The second kappa shape index (κ2) is 17.2. The van der Waals surface area contributed by atoms with Crippen LogP contribution >= 0.6 is 22.7 Å². The van der Waals surface area contributed by atoms with Crippen molar-refractivity contribution < 1.29 is 23.8 Å². The summed E-state index contributed by atoms with van der Waals surface area (Å²) < 4.78 is 21.3. The van der Waals surface area contributed by atoms with Crippen LogP contribution in [0.4, 0.5) is 14.7 Å². The third-order valence-electron chi connectivity index (χ3n) is 8.00. The van der Waals surface area contributed by atoms with Gasteiger partial charge in [-0.15, -0.1) is 11.3 Å².